The first-order valence-electron chi connectivity index (χ1n) is 9.63. The molecule has 160 valence electrons. The van der Waals surface area contributed by atoms with Gasteiger partial charge in [-0.05, 0) is 32.9 Å². The van der Waals surface area contributed by atoms with E-state index in [0.717, 1.165) is 0 Å². The molecule has 1 aromatic rings. The van der Waals surface area contributed by atoms with Gasteiger partial charge in [0.15, 0.2) is 6.61 Å². The maximum Gasteiger partial charge on any atom is 0.413 e. The van der Waals surface area contributed by atoms with Crippen molar-refractivity contribution >= 4 is 35.5 Å². The van der Waals surface area contributed by atoms with Gasteiger partial charge in [-0.15, -0.1) is 0 Å². The Bertz CT molecular complexity index is 913. The molecule has 1 N–H and O–H groups in total. The van der Waals surface area contributed by atoms with Crippen LogP contribution in [-0.2, 0) is 23.9 Å². The zero-order valence-corrected chi connectivity index (χ0v) is 17.0. The van der Waals surface area contributed by atoms with E-state index in [1.807, 2.05) is 5.32 Å². The van der Waals surface area contributed by atoms with Gasteiger partial charge in [0, 0.05) is 18.9 Å². The zero-order valence-electron chi connectivity index (χ0n) is 17.0. The minimum atomic E-state index is -1.69. The van der Waals surface area contributed by atoms with Gasteiger partial charge in [0.1, 0.15) is 0 Å². The van der Waals surface area contributed by atoms with Gasteiger partial charge < -0.3 is 14.4 Å². The van der Waals surface area contributed by atoms with Crippen LogP contribution in [0.1, 0.15) is 44.0 Å². The van der Waals surface area contributed by atoms with Crippen LogP contribution in [-0.4, -0.2) is 59.6 Å². The van der Waals surface area contributed by atoms with E-state index in [9.17, 15) is 24.0 Å². The maximum atomic E-state index is 13.2. The number of nitrogens with zero attached hydrogens (tertiary/aromatic N) is 2. The molecule has 0 spiro atoms. The quantitative estimate of drug-likeness (QED) is 0.714. The summed E-state index contributed by atoms with van der Waals surface area (Å²) in [5.41, 5.74) is -1.05. The predicted molar refractivity (Wildman–Crippen MR) is 103 cm³/mol. The van der Waals surface area contributed by atoms with Crippen LogP contribution in [0.4, 0.5) is 10.5 Å². The largest absolute Gasteiger partial charge is 0.452 e. The molecule has 1 aromatic carbocycles. The average molecular weight is 417 g/mol. The number of imide groups is 1. The summed E-state index contributed by atoms with van der Waals surface area (Å²) < 4.78 is 9.77. The van der Waals surface area contributed by atoms with Crippen LogP contribution in [0.2, 0.25) is 0 Å². The van der Waals surface area contributed by atoms with E-state index in [0.29, 0.717) is 11.3 Å². The van der Waals surface area contributed by atoms with Gasteiger partial charge in [-0.2, -0.15) is 0 Å². The lowest BCUT2D eigenvalue weighted by Crippen LogP contribution is -2.70. The van der Waals surface area contributed by atoms with Crippen molar-refractivity contribution in [3.63, 3.8) is 0 Å². The number of ether oxygens (including phenoxy) is 2. The van der Waals surface area contributed by atoms with E-state index < -0.39 is 42.2 Å². The molecule has 0 unspecified atom stereocenters. The average Bonchev–Trinajstić information content (AvgIpc) is 3.04. The van der Waals surface area contributed by atoms with Gasteiger partial charge in [0.05, 0.1) is 17.9 Å². The normalized spacial score (nSPS) is 20.0. The predicted octanol–water partition coefficient (Wildman–Crippen LogP) is 1.19. The Kier molecular flexibility index (Phi) is 5.77. The van der Waals surface area contributed by atoms with Gasteiger partial charge >= 0.3 is 12.1 Å². The lowest BCUT2D eigenvalue weighted by Gasteiger charge is -2.50. The number of rotatable bonds is 5. The lowest BCUT2D eigenvalue weighted by atomic mass is 9.95. The summed E-state index contributed by atoms with van der Waals surface area (Å²) in [5.74, 6) is -2.52. The number of nitrogens with one attached hydrogen (secondary N) is 1. The van der Waals surface area contributed by atoms with Crippen LogP contribution >= 0.6 is 0 Å². The minimum Gasteiger partial charge on any atom is -0.452 e. The van der Waals surface area contributed by atoms with Gasteiger partial charge in [0.25, 0.3) is 11.8 Å². The Balaban J connectivity index is 1.93. The molecular weight excluding hydrogens is 394 g/mol. The summed E-state index contributed by atoms with van der Waals surface area (Å²) in [7, 11) is 0. The summed E-state index contributed by atoms with van der Waals surface area (Å²) in [6.07, 6.45) is -0.892. The van der Waals surface area contributed by atoms with Crippen LogP contribution in [0.5, 0.6) is 0 Å². The molecule has 0 radical (unpaired) electrons. The molecule has 1 fully saturated rings. The molecular formula is C20H23N3O7. The van der Waals surface area contributed by atoms with Crippen LogP contribution < -0.4 is 10.2 Å². The second-order valence-corrected chi connectivity index (χ2v) is 7.18. The van der Waals surface area contributed by atoms with E-state index >= 15 is 0 Å². The summed E-state index contributed by atoms with van der Waals surface area (Å²) in [5, 5.41) is 1.93. The van der Waals surface area contributed by atoms with Gasteiger partial charge in [-0.3, -0.25) is 24.6 Å². The van der Waals surface area contributed by atoms with Crippen molar-refractivity contribution in [2.75, 3.05) is 18.1 Å². The number of carbonyl (C=O) groups excluding carboxylic acids is 5. The second kappa shape index (κ2) is 8.13. The molecule has 10 nitrogen and oxygen atoms in total. The zero-order chi connectivity index (χ0) is 22.1. The van der Waals surface area contributed by atoms with Crippen molar-refractivity contribution in [2.45, 2.75) is 45.3 Å². The highest BCUT2D eigenvalue weighted by molar-refractivity contribution is 6.15. The van der Waals surface area contributed by atoms with Gasteiger partial charge in [0.2, 0.25) is 11.6 Å². The topological polar surface area (TPSA) is 122 Å². The van der Waals surface area contributed by atoms with Crippen LogP contribution in [0.15, 0.2) is 24.3 Å². The van der Waals surface area contributed by atoms with Crippen LogP contribution in [0, 0.1) is 0 Å². The fourth-order valence-corrected chi connectivity index (χ4v) is 3.94. The van der Waals surface area contributed by atoms with E-state index in [1.165, 1.54) is 9.80 Å². The highest BCUT2D eigenvalue weighted by atomic mass is 16.6. The molecule has 1 saturated heterocycles. The third-order valence-electron chi connectivity index (χ3n) is 4.99. The van der Waals surface area contributed by atoms with E-state index in [-0.39, 0.29) is 25.4 Å². The molecule has 0 aliphatic carbocycles. The van der Waals surface area contributed by atoms with Crippen molar-refractivity contribution < 1.29 is 33.4 Å². The first kappa shape index (κ1) is 21.3. The SMILES string of the molecule is CCOC(=O)NC(=O)COC(=O)[C@]12CCC(=O)N1c1ccccc1C(=O)N2C(C)C. The Hall–Kier alpha value is -3.43. The molecule has 0 bridgehead atoms. The number of hydrogen-bond acceptors (Lipinski definition) is 7. The summed E-state index contributed by atoms with van der Waals surface area (Å²) in [6.45, 7) is 4.35. The molecule has 0 aromatic heterocycles. The third-order valence-corrected chi connectivity index (χ3v) is 4.99. The number of alkyl carbamates (subject to hydrolysis) is 1. The number of esters is 1. The molecule has 30 heavy (non-hydrogen) atoms. The van der Waals surface area contributed by atoms with Crippen LogP contribution in [0.25, 0.3) is 0 Å². The number of anilines is 1. The molecule has 2 aliphatic rings. The van der Waals surface area contributed by atoms with Gasteiger partial charge in [-0.1, -0.05) is 12.1 Å². The Labute approximate surface area is 173 Å². The molecule has 4 amide bonds. The summed E-state index contributed by atoms with van der Waals surface area (Å²) in [4.78, 5) is 65.0. The maximum absolute atomic E-state index is 13.2. The minimum absolute atomic E-state index is 0.0302. The monoisotopic (exact) mass is 417 g/mol. The standard InChI is InChI=1S/C20H23N3O7/c1-4-29-19(28)21-15(24)11-30-18(27)20-10-9-16(25)23(20)14-8-6-5-7-13(14)17(26)22(20)12(2)3/h5-8,12H,4,9-11H2,1-3H3,(H,21,24,28)/t20-/m0/s1. The summed E-state index contributed by atoms with van der Waals surface area (Å²) >= 11 is 0. The Morgan fingerprint density at radius 1 is 1.17 bits per heavy atom. The fraction of sp³-hybridized carbons (Fsp3) is 0.450. The smallest absolute Gasteiger partial charge is 0.413 e. The molecule has 2 heterocycles. The van der Waals surface area contributed by atoms with Gasteiger partial charge in [-0.25, -0.2) is 9.59 Å². The van der Waals surface area contributed by atoms with Crippen molar-refractivity contribution in [3.05, 3.63) is 29.8 Å². The number of benzene rings is 1. The molecule has 1 atom stereocenters. The van der Waals surface area contributed by atoms with Crippen molar-refractivity contribution in [1.29, 1.82) is 0 Å². The third kappa shape index (κ3) is 3.38. The number of para-hydroxylation sites is 1. The van der Waals surface area contributed by atoms with E-state index in [4.69, 9.17) is 4.74 Å². The number of amides is 4. The van der Waals surface area contributed by atoms with Crippen LogP contribution in [0.3, 0.4) is 0 Å². The number of fused-ring (bicyclic) bond motifs is 3. The highest BCUT2D eigenvalue weighted by Gasteiger charge is 2.62. The molecule has 0 saturated carbocycles. The fourth-order valence-electron chi connectivity index (χ4n) is 3.94. The number of hydrogen-bond donors (Lipinski definition) is 1. The molecule has 10 heteroatoms. The first-order valence-corrected chi connectivity index (χ1v) is 9.63. The first-order chi connectivity index (χ1) is 14.2. The number of carbonyl (C=O) groups is 5. The lowest BCUT2D eigenvalue weighted by molar-refractivity contribution is -0.161. The Morgan fingerprint density at radius 3 is 2.53 bits per heavy atom. The van der Waals surface area contributed by atoms with Crippen molar-refractivity contribution in [3.8, 4) is 0 Å². The molecule has 2 aliphatic heterocycles. The Morgan fingerprint density at radius 2 is 1.87 bits per heavy atom. The van der Waals surface area contributed by atoms with E-state index in [2.05, 4.69) is 4.74 Å². The van der Waals surface area contributed by atoms with Crippen molar-refractivity contribution in [2.24, 2.45) is 0 Å². The van der Waals surface area contributed by atoms with E-state index in [1.54, 1.807) is 45.0 Å². The molecule has 3 rings (SSSR count). The summed E-state index contributed by atoms with van der Waals surface area (Å²) in [6, 6.07) is 6.12. The second-order valence-electron chi connectivity index (χ2n) is 7.18. The van der Waals surface area contributed by atoms with Crippen molar-refractivity contribution in [1.82, 2.24) is 10.2 Å². The highest BCUT2D eigenvalue weighted by Crippen LogP contribution is 2.45.